The van der Waals surface area contributed by atoms with Crippen LogP contribution in [0.15, 0.2) is 24.3 Å². The number of likely N-dealkylation sites (N-methyl/N-ethyl adjacent to an activating group) is 1. The van der Waals surface area contributed by atoms with Gasteiger partial charge in [0.05, 0.1) is 13.0 Å². The van der Waals surface area contributed by atoms with Gasteiger partial charge >= 0.3 is 5.97 Å². The molecule has 2 N–H and O–H groups in total. The SMILES string of the molecule is CC(CC(=O)OC(C)(C)C)Nc1ccc(N(C)CCO)cc1. The van der Waals surface area contributed by atoms with Crippen LogP contribution >= 0.6 is 0 Å². The first kappa shape index (κ1) is 18.3. The van der Waals surface area contributed by atoms with Gasteiger partial charge in [-0.3, -0.25) is 4.79 Å². The molecule has 124 valence electrons. The molecule has 0 saturated carbocycles. The molecule has 22 heavy (non-hydrogen) atoms. The Kier molecular flexibility index (Phi) is 6.68. The van der Waals surface area contributed by atoms with Crippen molar-refractivity contribution in [3.05, 3.63) is 24.3 Å². The predicted molar refractivity (Wildman–Crippen MR) is 90.3 cm³/mol. The Balaban J connectivity index is 2.51. The lowest BCUT2D eigenvalue weighted by atomic mass is 10.1. The lowest BCUT2D eigenvalue weighted by Crippen LogP contribution is -2.28. The summed E-state index contributed by atoms with van der Waals surface area (Å²) in [5, 5.41) is 12.2. The zero-order chi connectivity index (χ0) is 16.8. The molecule has 1 atom stereocenters. The van der Waals surface area contributed by atoms with E-state index in [1.807, 2.05) is 63.9 Å². The van der Waals surface area contributed by atoms with E-state index in [0.717, 1.165) is 11.4 Å². The minimum Gasteiger partial charge on any atom is -0.460 e. The average Bonchev–Trinajstić information content (AvgIpc) is 2.37. The summed E-state index contributed by atoms with van der Waals surface area (Å²) in [6, 6.07) is 7.90. The van der Waals surface area contributed by atoms with Crippen molar-refractivity contribution in [1.82, 2.24) is 0 Å². The van der Waals surface area contributed by atoms with Crippen LogP contribution in [0.3, 0.4) is 0 Å². The summed E-state index contributed by atoms with van der Waals surface area (Å²) < 4.78 is 5.31. The first-order chi connectivity index (χ1) is 10.2. The smallest absolute Gasteiger partial charge is 0.308 e. The zero-order valence-corrected chi connectivity index (χ0v) is 14.2. The summed E-state index contributed by atoms with van der Waals surface area (Å²) in [6.07, 6.45) is 0.323. The summed E-state index contributed by atoms with van der Waals surface area (Å²) in [5.41, 5.74) is 1.55. The van der Waals surface area contributed by atoms with Crippen LogP contribution in [0, 0.1) is 0 Å². The van der Waals surface area contributed by atoms with Crippen LogP contribution in [0.2, 0.25) is 0 Å². The Morgan fingerprint density at radius 3 is 2.41 bits per heavy atom. The van der Waals surface area contributed by atoms with E-state index in [4.69, 9.17) is 9.84 Å². The van der Waals surface area contributed by atoms with Crippen molar-refractivity contribution < 1.29 is 14.6 Å². The molecule has 0 radical (unpaired) electrons. The predicted octanol–water partition coefficient (Wildman–Crippen LogP) is 2.65. The number of nitrogens with one attached hydrogen (secondary N) is 1. The van der Waals surface area contributed by atoms with Crippen molar-refractivity contribution in [1.29, 1.82) is 0 Å². The van der Waals surface area contributed by atoms with Gasteiger partial charge in [0, 0.05) is 31.0 Å². The highest BCUT2D eigenvalue weighted by Gasteiger charge is 2.18. The van der Waals surface area contributed by atoms with Crippen LogP contribution in [-0.4, -0.2) is 42.9 Å². The second-order valence-electron chi connectivity index (χ2n) is 6.53. The highest BCUT2D eigenvalue weighted by atomic mass is 16.6. The van der Waals surface area contributed by atoms with Crippen LogP contribution in [0.25, 0.3) is 0 Å². The molecular formula is C17H28N2O3. The summed E-state index contributed by atoms with van der Waals surface area (Å²) in [4.78, 5) is 13.8. The van der Waals surface area contributed by atoms with Gasteiger partial charge in [-0.05, 0) is 52.0 Å². The first-order valence-corrected chi connectivity index (χ1v) is 7.61. The van der Waals surface area contributed by atoms with Gasteiger partial charge < -0.3 is 20.1 Å². The third-order valence-corrected chi connectivity index (χ3v) is 3.05. The monoisotopic (exact) mass is 308 g/mol. The first-order valence-electron chi connectivity index (χ1n) is 7.61. The number of nitrogens with zero attached hydrogens (tertiary/aromatic N) is 1. The molecular weight excluding hydrogens is 280 g/mol. The quantitative estimate of drug-likeness (QED) is 0.758. The molecule has 1 aromatic carbocycles. The molecule has 0 heterocycles. The van der Waals surface area contributed by atoms with Crippen LogP contribution < -0.4 is 10.2 Å². The number of hydrogen-bond donors (Lipinski definition) is 2. The minimum absolute atomic E-state index is 0.00382. The standard InChI is InChI=1S/C17H28N2O3/c1-13(12-16(21)22-17(2,3)4)18-14-6-8-15(9-7-14)19(5)10-11-20/h6-9,13,18,20H,10-12H2,1-5H3. The van der Waals surface area contributed by atoms with Crippen molar-refractivity contribution in [3.63, 3.8) is 0 Å². The van der Waals surface area contributed by atoms with Gasteiger partial charge in [0.25, 0.3) is 0 Å². The molecule has 1 rings (SSSR count). The normalized spacial score (nSPS) is 12.6. The van der Waals surface area contributed by atoms with Gasteiger partial charge in [0.1, 0.15) is 5.60 Å². The number of aliphatic hydroxyl groups excluding tert-OH is 1. The number of carbonyl (C=O) groups excluding carboxylic acids is 1. The van der Waals surface area contributed by atoms with E-state index in [1.165, 1.54) is 0 Å². The van der Waals surface area contributed by atoms with Crippen LogP contribution in [-0.2, 0) is 9.53 Å². The third-order valence-electron chi connectivity index (χ3n) is 3.05. The Hall–Kier alpha value is -1.75. The summed E-state index contributed by atoms with van der Waals surface area (Å²) in [6.45, 7) is 8.28. The molecule has 0 aliphatic carbocycles. The lowest BCUT2D eigenvalue weighted by molar-refractivity contribution is -0.154. The van der Waals surface area contributed by atoms with Gasteiger partial charge in [0.2, 0.25) is 0 Å². The van der Waals surface area contributed by atoms with Gasteiger partial charge in [-0.2, -0.15) is 0 Å². The summed E-state index contributed by atoms with van der Waals surface area (Å²) >= 11 is 0. The number of rotatable bonds is 7. The number of ether oxygens (including phenoxy) is 1. The summed E-state index contributed by atoms with van der Waals surface area (Å²) in [5.74, 6) is -0.202. The fourth-order valence-electron chi connectivity index (χ4n) is 2.06. The number of benzene rings is 1. The molecule has 0 fully saturated rings. The fraction of sp³-hybridized carbons (Fsp3) is 0.588. The Labute approximate surface area is 133 Å². The van der Waals surface area contributed by atoms with Crippen molar-refractivity contribution in [2.45, 2.75) is 45.8 Å². The Bertz CT molecular complexity index is 466. The maximum Gasteiger partial charge on any atom is 0.308 e. The average molecular weight is 308 g/mol. The van der Waals surface area contributed by atoms with Crippen molar-refractivity contribution in [2.24, 2.45) is 0 Å². The van der Waals surface area contributed by atoms with Crippen molar-refractivity contribution in [3.8, 4) is 0 Å². The van der Waals surface area contributed by atoms with Crippen molar-refractivity contribution >= 4 is 17.3 Å². The lowest BCUT2D eigenvalue weighted by Gasteiger charge is -2.22. The van der Waals surface area contributed by atoms with Gasteiger partial charge in [-0.1, -0.05) is 0 Å². The summed E-state index contributed by atoms with van der Waals surface area (Å²) in [7, 11) is 1.93. The van der Waals surface area contributed by atoms with Gasteiger partial charge in [-0.25, -0.2) is 0 Å². The highest BCUT2D eigenvalue weighted by Crippen LogP contribution is 2.18. The van der Waals surface area contributed by atoms with E-state index in [1.54, 1.807) is 0 Å². The maximum absolute atomic E-state index is 11.8. The van der Waals surface area contributed by atoms with E-state index < -0.39 is 5.60 Å². The van der Waals surface area contributed by atoms with Crippen LogP contribution in [0.5, 0.6) is 0 Å². The zero-order valence-electron chi connectivity index (χ0n) is 14.2. The molecule has 0 aromatic heterocycles. The van der Waals surface area contributed by atoms with E-state index in [-0.39, 0.29) is 18.6 Å². The molecule has 0 aliphatic heterocycles. The molecule has 0 saturated heterocycles. The Morgan fingerprint density at radius 2 is 1.91 bits per heavy atom. The largest absolute Gasteiger partial charge is 0.460 e. The maximum atomic E-state index is 11.8. The fourth-order valence-corrected chi connectivity index (χ4v) is 2.06. The van der Waals surface area contributed by atoms with E-state index in [0.29, 0.717) is 13.0 Å². The molecule has 0 aliphatic rings. The van der Waals surface area contributed by atoms with E-state index in [2.05, 4.69) is 5.32 Å². The minimum atomic E-state index is -0.449. The van der Waals surface area contributed by atoms with Crippen LogP contribution in [0.4, 0.5) is 11.4 Å². The topological polar surface area (TPSA) is 61.8 Å². The van der Waals surface area contributed by atoms with Gasteiger partial charge in [-0.15, -0.1) is 0 Å². The van der Waals surface area contributed by atoms with Crippen LogP contribution in [0.1, 0.15) is 34.1 Å². The number of aliphatic hydroxyl groups is 1. The number of hydrogen-bond acceptors (Lipinski definition) is 5. The molecule has 0 amide bonds. The Morgan fingerprint density at radius 1 is 1.32 bits per heavy atom. The number of anilines is 2. The van der Waals surface area contributed by atoms with Gasteiger partial charge in [0.15, 0.2) is 0 Å². The molecule has 1 aromatic rings. The second-order valence-corrected chi connectivity index (χ2v) is 6.53. The van der Waals surface area contributed by atoms with E-state index >= 15 is 0 Å². The third kappa shape index (κ3) is 6.80. The highest BCUT2D eigenvalue weighted by molar-refractivity contribution is 5.71. The van der Waals surface area contributed by atoms with E-state index in [9.17, 15) is 4.79 Å². The molecule has 0 spiro atoms. The van der Waals surface area contributed by atoms with Crippen molar-refractivity contribution in [2.75, 3.05) is 30.4 Å². The molecule has 0 bridgehead atoms. The molecule has 5 nitrogen and oxygen atoms in total. The molecule has 1 unspecified atom stereocenters. The second kappa shape index (κ2) is 8.03. The number of carbonyl (C=O) groups is 1. The molecule has 5 heteroatoms. The number of esters is 1.